The maximum Gasteiger partial charge on any atom is 0.161 e. The highest BCUT2D eigenvalue weighted by atomic mass is 35.5. The van der Waals surface area contributed by atoms with Crippen LogP contribution >= 0.6 is 34.5 Å². The molecule has 1 unspecified atom stereocenters. The van der Waals surface area contributed by atoms with Crippen LogP contribution in [0.4, 0.5) is 0 Å². The van der Waals surface area contributed by atoms with Crippen LogP contribution in [0.3, 0.4) is 0 Å². The first kappa shape index (κ1) is 12.7. The van der Waals surface area contributed by atoms with Crippen molar-refractivity contribution in [2.45, 2.75) is 6.04 Å². The molecule has 1 atom stereocenters. The van der Waals surface area contributed by atoms with Crippen molar-refractivity contribution in [3.63, 3.8) is 0 Å². The third kappa shape index (κ3) is 2.28. The summed E-state index contributed by atoms with van der Waals surface area (Å²) in [6.07, 6.45) is 1.62. The van der Waals surface area contributed by atoms with Crippen LogP contribution in [-0.2, 0) is 7.05 Å². The second kappa shape index (κ2) is 4.86. The molecular formula is C10H11Cl2N3OS. The summed E-state index contributed by atoms with van der Waals surface area (Å²) in [6.45, 7) is 0. The number of aryl methyl sites for hydroxylation is 1. The van der Waals surface area contributed by atoms with Crippen LogP contribution in [-0.4, -0.2) is 16.9 Å². The first-order chi connectivity index (χ1) is 8.04. The van der Waals surface area contributed by atoms with E-state index in [1.54, 1.807) is 31.1 Å². The largest absolute Gasteiger partial charge is 0.493 e. The predicted molar refractivity (Wildman–Crippen MR) is 70.1 cm³/mol. The van der Waals surface area contributed by atoms with Gasteiger partial charge in [-0.05, 0) is 6.07 Å². The zero-order chi connectivity index (χ0) is 12.6. The molecule has 0 amide bonds. The average molecular weight is 292 g/mol. The predicted octanol–water partition coefficient (Wildman–Crippen LogP) is 2.85. The van der Waals surface area contributed by atoms with E-state index in [2.05, 4.69) is 5.10 Å². The van der Waals surface area contributed by atoms with Crippen molar-refractivity contribution >= 4 is 34.5 Å². The molecular weight excluding hydrogens is 281 g/mol. The van der Waals surface area contributed by atoms with E-state index in [9.17, 15) is 0 Å². The van der Waals surface area contributed by atoms with Crippen LogP contribution in [0.5, 0.6) is 5.75 Å². The number of ether oxygens (including phenoxy) is 1. The summed E-state index contributed by atoms with van der Waals surface area (Å²) in [4.78, 5) is 0. The van der Waals surface area contributed by atoms with E-state index in [-0.39, 0.29) is 0 Å². The van der Waals surface area contributed by atoms with Gasteiger partial charge in [0.2, 0.25) is 0 Å². The highest BCUT2D eigenvalue weighted by Gasteiger charge is 2.22. The first-order valence-electron chi connectivity index (χ1n) is 4.80. The summed E-state index contributed by atoms with van der Waals surface area (Å²) >= 11 is 13.3. The Morgan fingerprint density at radius 3 is 2.76 bits per heavy atom. The van der Waals surface area contributed by atoms with E-state index in [0.29, 0.717) is 14.4 Å². The molecule has 0 bridgehead atoms. The van der Waals surface area contributed by atoms with Gasteiger partial charge in [0, 0.05) is 12.6 Å². The summed E-state index contributed by atoms with van der Waals surface area (Å²) < 4.78 is 8.09. The lowest BCUT2D eigenvalue weighted by Crippen LogP contribution is -2.16. The first-order valence-corrected chi connectivity index (χ1v) is 6.38. The van der Waals surface area contributed by atoms with Gasteiger partial charge in [0.1, 0.15) is 5.69 Å². The second-order valence-corrected chi connectivity index (χ2v) is 5.76. The van der Waals surface area contributed by atoms with Crippen molar-refractivity contribution in [1.82, 2.24) is 9.78 Å². The van der Waals surface area contributed by atoms with Gasteiger partial charge in [-0.2, -0.15) is 5.10 Å². The molecule has 92 valence electrons. The summed E-state index contributed by atoms with van der Waals surface area (Å²) in [6, 6.07) is 1.36. The molecule has 2 N–H and O–H groups in total. The Morgan fingerprint density at radius 2 is 2.24 bits per heavy atom. The SMILES string of the molecule is COc1cnn(C)c1C(N)c1cc(Cl)sc1Cl. The standard InChI is InChI=1S/C10H11Cl2N3OS/c1-15-9(6(16-2)4-14-15)8(13)5-3-7(11)17-10(5)12/h3-4,8H,13H2,1-2H3. The number of hydrogen-bond acceptors (Lipinski definition) is 4. The van der Waals surface area contributed by atoms with Crippen molar-refractivity contribution in [2.75, 3.05) is 7.11 Å². The van der Waals surface area contributed by atoms with Crippen LogP contribution in [0.15, 0.2) is 12.3 Å². The number of rotatable bonds is 3. The summed E-state index contributed by atoms with van der Waals surface area (Å²) in [7, 11) is 3.38. The molecule has 2 rings (SSSR count). The normalized spacial score (nSPS) is 12.8. The van der Waals surface area contributed by atoms with Gasteiger partial charge in [-0.1, -0.05) is 23.2 Å². The third-order valence-corrected chi connectivity index (χ3v) is 4.00. The molecule has 0 aliphatic carbocycles. The Morgan fingerprint density at radius 1 is 1.53 bits per heavy atom. The Labute approximate surface area is 113 Å². The van der Waals surface area contributed by atoms with Crippen LogP contribution in [0.2, 0.25) is 8.67 Å². The van der Waals surface area contributed by atoms with Crippen molar-refractivity contribution < 1.29 is 4.74 Å². The Hall–Kier alpha value is -0.750. The average Bonchev–Trinajstić information content (AvgIpc) is 2.80. The highest BCUT2D eigenvalue weighted by molar-refractivity contribution is 7.20. The lowest BCUT2D eigenvalue weighted by atomic mass is 10.1. The smallest absolute Gasteiger partial charge is 0.161 e. The maximum atomic E-state index is 6.17. The quantitative estimate of drug-likeness (QED) is 0.946. The van der Waals surface area contributed by atoms with E-state index < -0.39 is 6.04 Å². The van der Waals surface area contributed by atoms with Crippen molar-refractivity contribution in [2.24, 2.45) is 12.8 Å². The fraction of sp³-hybridized carbons (Fsp3) is 0.300. The zero-order valence-electron chi connectivity index (χ0n) is 9.28. The van der Waals surface area contributed by atoms with Crippen LogP contribution in [0.25, 0.3) is 0 Å². The van der Waals surface area contributed by atoms with Gasteiger partial charge < -0.3 is 10.5 Å². The number of methoxy groups -OCH3 is 1. The van der Waals surface area contributed by atoms with Gasteiger partial charge in [-0.15, -0.1) is 11.3 Å². The maximum absolute atomic E-state index is 6.17. The van der Waals surface area contributed by atoms with E-state index in [4.69, 9.17) is 33.7 Å². The number of nitrogens with two attached hydrogens (primary N) is 1. The summed E-state index contributed by atoms with van der Waals surface area (Å²) in [5, 5.41) is 4.11. The number of aromatic nitrogens is 2. The van der Waals surface area contributed by atoms with Crippen molar-refractivity contribution in [1.29, 1.82) is 0 Å². The van der Waals surface area contributed by atoms with Crippen LogP contribution in [0, 0.1) is 0 Å². The van der Waals surface area contributed by atoms with Gasteiger partial charge in [0.25, 0.3) is 0 Å². The third-order valence-electron chi connectivity index (χ3n) is 2.48. The van der Waals surface area contributed by atoms with E-state index >= 15 is 0 Å². The fourth-order valence-electron chi connectivity index (χ4n) is 1.65. The monoisotopic (exact) mass is 291 g/mol. The van der Waals surface area contributed by atoms with Gasteiger partial charge in [-0.3, -0.25) is 4.68 Å². The lowest BCUT2D eigenvalue weighted by Gasteiger charge is -2.13. The molecule has 0 aliphatic heterocycles. The number of halogens is 2. The fourth-order valence-corrected chi connectivity index (χ4v) is 3.20. The van der Waals surface area contributed by atoms with Gasteiger partial charge in [0.15, 0.2) is 5.75 Å². The molecule has 0 aromatic carbocycles. The topological polar surface area (TPSA) is 53.1 Å². The molecule has 4 nitrogen and oxygen atoms in total. The minimum atomic E-state index is -0.409. The lowest BCUT2D eigenvalue weighted by molar-refractivity contribution is 0.406. The Kier molecular flexibility index (Phi) is 3.63. The molecule has 7 heteroatoms. The van der Waals surface area contributed by atoms with Gasteiger partial charge >= 0.3 is 0 Å². The Balaban J connectivity index is 2.46. The summed E-state index contributed by atoms with van der Waals surface area (Å²) in [5.74, 6) is 0.637. The molecule has 2 aromatic rings. The number of hydrogen-bond donors (Lipinski definition) is 1. The van der Waals surface area contributed by atoms with Crippen LogP contribution in [0.1, 0.15) is 17.3 Å². The molecule has 0 spiro atoms. The van der Waals surface area contributed by atoms with E-state index in [1.807, 2.05) is 0 Å². The van der Waals surface area contributed by atoms with Crippen molar-refractivity contribution in [3.05, 3.63) is 32.2 Å². The molecule has 17 heavy (non-hydrogen) atoms. The molecule has 0 radical (unpaired) electrons. The molecule has 0 aliphatic rings. The minimum Gasteiger partial charge on any atom is -0.493 e. The zero-order valence-corrected chi connectivity index (χ0v) is 11.6. The summed E-state index contributed by atoms with van der Waals surface area (Å²) in [5.41, 5.74) is 7.72. The van der Waals surface area contributed by atoms with E-state index in [1.165, 1.54) is 11.3 Å². The highest BCUT2D eigenvalue weighted by Crippen LogP contribution is 2.38. The molecule has 0 saturated carbocycles. The van der Waals surface area contributed by atoms with E-state index in [0.717, 1.165) is 11.3 Å². The van der Waals surface area contributed by atoms with Crippen LogP contribution < -0.4 is 10.5 Å². The second-order valence-electron chi connectivity index (χ2n) is 3.48. The Bertz CT molecular complexity index is 538. The van der Waals surface area contributed by atoms with Gasteiger partial charge in [-0.25, -0.2) is 0 Å². The van der Waals surface area contributed by atoms with Gasteiger partial charge in [0.05, 0.1) is 28.0 Å². The minimum absolute atomic E-state index is 0.409. The molecule has 0 saturated heterocycles. The molecule has 2 aromatic heterocycles. The number of nitrogens with zero attached hydrogens (tertiary/aromatic N) is 2. The number of thiophene rings is 1. The molecule has 0 fully saturated rings. The molecule has 2 heterocycles. The van der Waals surface area contributed by atoms with Crippen molar-refractivity contribution in [3.8, 4) is 5.75 Å².